The number of imidazole rings is 1. The summed E-state index contributed by atoms with van der Waals surface area (Å²) >= 11 is 0. The van der Waals surface area contributed by atoms with E-state index in [1.165, 1.54) is 11.1 Å². The molecule has 0 fully saturated rings. The van der Waals surface area contributed by atoms with Crippen molar-refractivity contribution in [3.8, 4) is 11.1 Å². The van der Waals surface area contributed by atoms with E-state index in [0.717, 1.165) is 16.6 Å². The van der Waals surface area contributed by atoms with Crippen molar-refractivity contribution < 1.29 is 4.79 Å². The van der Waals surface area contributed by atoms with E-state index in [9.17, 15) is 4.79 Å². The Morgan fingerprint density at radius 2 is 2.05 bits per heavy atom. The average Bonchev–Trinajstić information content (AvgIpc) is 2.89. The third-order valence-corrected chi connectivity index (χ3v) is 3.51. The fourth-order valence-electron chi connectivity index (χ4n) is 2.45. The molecule has 5 nitrogen and oxygen atoms in total. The Bertz CT molecular complexity index is 822. The van der Waals surface area contributed by atoms with Crippen molar-refractivity contribution in [3.05, 3.63) is 48.0 Å². The highest BCUT2D eigenvalue weighted by Gasteiger charge is 2.08. The van der Waals surface area contributed by atoms with E-state index < -0.39 is 0 Å². The number of benzene rings is 2. The first-order valence-corrected chi connectivity index (χ1v) is 7.28. The number of aromatic nitrogens is 2. The smallest absolute Gasteiger partial charge is 0.321 e. The van der Waals surface area contributed by atoms with Crippen LogP contribution in [0.1, 0.15) is 12.5 Å². The molecule has 2 amide bonds. The van der Waals surface area contributed by atoms with E-state index >= 15 is 0 Å². The van der Waals surface area contributed by atoms with Gasteiger partial charge in [0.1, 0.15) is 0 Å². The van der Waals surface area contributed by atoms with Gasteiger partial charge in [0.05, 0.1) is 11.0 Å². The molecule has 3 rings (SSSR count). The number of anilines is 1. The van der Waals surface area contributed by atoms with Crippen molar-refractivity contribution in [3.63, 3.8) is 0 Å². The van der Waals surface area contributed by atoms with Crippen LogP contribution in [0.15, 0.2) is 42.5 Å². The molecular weight excluding hydrogens is 276 g/mol. The molecule has 0 aliphatic heterocycles. The van der Waals surface area contributed by atoms with E-state index in [0.29, 0.717) is 12.5 Å². The summed E-state index contributed by atoms with van der Waals surface area (Å²) in [5.74, 6) is 0.447. The van der Waals surface area contributed by atoms with E-state index in [2.05, 4.69) is 39.7 Å². The van der Waals surface area contributed by atoms with Gasteiger partial charge in [0.15, 0.2) is 0 Å². The van der Waals surface area contributed by atoms with Gasteiger partial charge in [-0.1, -0.05) is 30.3 Å². The zero-order chi connectivity index (χ0) is 15.5. The minimum Gasteiger partial charge on any atom is -0.338 e. The third-order valence-electron chi connectivity index (χ3n) is 3.51. The van der Waals surface area contributed by atoms with Crippen LogP contribution in [-0.2, 0) is 0 Å². The molecule has 1 aromatic heterocycles. The Balaban J connectivity index is 1.94. The number of hydrogen-bond donors (Lipinski definition) is 3. The lowest BCUT2D eigenvalue weighted by molar-refractivity contribution is 0.252. The van der Waals surface area contributed by atoms with Crippen LogP contribution in [0.25, 0.3) is 22.2 Å². The summed E-state index contributed by atoms with van der Waals surface area (Å²) in [6.07, 6.45) is 0. The third kappa shape index (κ3) is 2.79. The van der Waals surface area contributed by atoms with Crippen molar-refractivity contribution in [2.75, 3.05) is 11.9 Å². The molecule has 2 aromatic carbocycles. The lowest BCUT2D eigenvalue weighted by Gasteiger charge is -2.05. The van der Waals surface area contributed by atoms with Crippen LogP contribution in [0.3, 0.4) is 0 Å². The number of nitrogens with one attached hydrogen (secondary N) is 3. The summed E-state index contributed by atoms with van der Waals surface area (Å²) in [7, 11) is 0. The highest BCUT2D eigenvalue weighted by molar-refractivity contribution is 5.90. The first-order chi connectivity index (χ1) is 10.7. The predicted molar refractivity (Wildman–Crippen MR) is 89.0 cm³/mol. The molecule has 0 saturated carbocycles. The summed E-state index contributed by atoms with van der Waals surface area (Å²) < 4.78 is 0. The summed E-state index contributed by atoms with van der Waals surface area (Å²) in [6, 6.07) is 14.0. The number of rotatable bonds is 3. The van der Waals surface area contributed by atoms with Crippen molar-refractivity contribution >= 4 is 23.0 Å². The van der Waals surface area contributed by atoms with E-state index in [4.69, 9.17) is 0 Å². The Labute approximate surface area is 128 Å². The van der Waals surface area contributed by atoms with Crippen LogP contribution < -0.4 is 10.6 Å². The SMILES string of the molecule is CCNC(=O)Nc1nc2ccc(-c3ccccc3C)cc2[nH]1. The van der Waals surface area contributed by atoms with Gasteiger partial charge in [-0.2, -0.15) is 0 Å². The van der Waals surface area contributed by atoms with Crippen LogP contribution in [-0.4, -0.2) is 22.5 Å². The molecule has 0 saturated heterocycles. The lowest BCUT2D eigenvalue weighted by Crippen LogP contribution is -2.28. The zero-order valence-electron chi connectivity index (χ0n) is 12.6. The standard InChI is InChI=1S/C17H18N4O/c1-3-18-17(22)21-16-19-14-9-8-12(10-15(14)20-16)13-7-5-4-6-11(13)2/h4-10H,3H2,1-2H3,(H3,18,19,20,21,22). The number of hydrogen-bond acceptors (Lipinski definition) is 2. The second kappa shape index (κ2) is 5.89. The molecule has 5 heteroatoms. The second-order valence-electron chi connectivity index (χ2n) is 5.12. The number of H-pyrrole nitrogens is 1. The quantitative estimate of drug-likeness (QED) is 0.689. The molecule has 0 bridgehead atoms. The number of carbonyl (C=O) groups is 1. The van der Waals surface area contributed by atoms with Crippen molar-refractivity contribution in [1.29, 1.82) is 0 Å². The van der Waals surface area contributed by atoms with E-state index in [1.807, 2.05) is 37.3 Å². The summed E-state index contributed by atoms with van der Waals surface area (Å²) in [5, 5.41) is 5.36. The number of aryl methyl sites for hydroxylation is 1. The Morgan fingerprint density at radius 3 is 2.82 bits per heavy atom. The molecule has 0 atom stereocenters. The van der Waals surface area contributed by atoms with Gasteiger partial charge in [-0.05, 0) is 42.7 Å². The highest BCUT2D eigenvalue weighted by Crippen LogP contribution is 2.26. The van der Waals surface area contributed by atoms with Crippen LogP contribution in [0, 0.1) is 6.92 Å². The highest BCUT2D eigenvalue weighted by atomic mass is 16.2. The molecule has 22 heavy (non-hydrogen) atoms. The van der Waals surface area contributed by atoms with Crippen molar-refractivity contribution in [2.45, 2.75) is 13.8 Å². The zero-order valence-corrected chi connectivity index (χ0v) is 12.6. The van der Waals surface area contributed by atoms with Crippen molar-refractivity contribution in [1.82, 2.24) is 15.3 Å². The van der Waals surface area contributed by atoms with Crippen LogP contribution >= 0.6 is 0 Å². The maximum atomic E-state index is 11.5. The first-order valence-electron chi connectivity index (χ1n) is 7.28. The molecule has 3 N–H and O–H groups in total. The topological polar surface area (TPSA) is 69.8 Å². The maximum Gasteiger partial charge on any atom is 0.321 e. The van der Waals surface area contributed by atoms with Crippen LogP contribution in [0.5, 0.6) is 0 Å². The maximum absolute atomic E-state index is 11.5. The van der Waals surface area contributed by atoms with Gasteiger partial charge in [-0.15, -0.1) is 0 Å². The van der Waals surface area contributed by atoms with E-state index in [1.54, 1.807) is 0 Å². The molecule has 0 aliphatic carbocycles. The van der Waals surface area contributed by atoms with E-state index in [-0.39, 0.29) is 6.03 Å². The fraction of sp³-hybridized carbons (Fsp3) is 0.176. The lowest BCUT2D eigenvalue weighted by atomic mass is 10.0. The molecule has 0 radical (unpaired) electrons. The van der Waals surface area contributed by atoms with Gasteiger partial charge in [0.2, 0.25) is 5.95 Å². The van der Waals surface area contributed by atoms with Crippen LogP contribution in [0.2, 0.25) is 0 Å². The molecule has 3 aromatic rings. The largest absolute Gasteiger partial charge is 0.338 e. The molecule has 1 heterocycles. The number of carbonyl (C=O) groups excluding carboxylic acids is 1. The predicted octanol–water partition coefficient (Wildman–Crippen LogP) is 3.68. The summed E-state index contributed by atoms with van der Waals surface area (Å²) in [6.45, 7) is 4.53. The Hall–Kier alpha value is -2.82. The molecule has 112 valence electrons. The fourth-order valence-corrected chi connectivity index (χ4v) is 2.45. The van der Waals surface area contributed by atoms with Gasteiger partial charge < -0.3 is 10.3 Å². The number of urea groups is 1. The van der Waals surface area contributed by atoms with Gasteiger partial charge in [0.25, 0.3) is 0 Å². The Morgan fingerprint density at radius 1 is 1.23 bits per heavy atom. The van der Waals surface area contributed by atoms with Gasteiger partial charge >= 0.3 is 6.03 Å². The Kier molecular flexibility index (Phi) is 3.78. The number of nitrogens with zero attached hydrogens (tertiary/aromatic N) is 1. The number of fused-ring (bicyclic) bond motifs is 1. The van der Waals surface area contributed by atoms with Gasteiger partial charge in [-0.3, -0.25) is 5.32 Å². The van der Waals surface area contributed by atoms with Gasteiger partial charge in [0, 0.05) is 6.54 Å². The minimum absolute atomic E-state index is 0.263. The summed E-state index contributed by atoms with van der Waals surface area (Å²) in [5.41, 5.74) is 5.26. The second-order valence-corrected chi connectivity index (χ2v) is 5.12. The number of amides is 2. The van der Waals surface area contributed by atoms with Crippen LogP contribution in [0.4, 0.5) is 10.7 Å². The van der Waals surface area contributed by atoms with Crippen molar-refractivity contribution in [2.24, 2.45) is 0 Å². The van der Waals surface area contributed by atoms with Gasteiger partial charge in [-0.25, -0.2) is 9.78 Å². The normalized spacial score (nSPS) is 10.6. The molecule has 0 aliphatic rings. The summed E-state index contributed by atoms with van der Waals surface area (Å²) in [4.78, 5) is 19.0. The number of aromatic amines is 1. The first kappa shape index (κ1) is 14.1. The molecule has 0 spiro atoms. The molecular formula is C17H18N4O. The molecule has 0 unspecified atom stereocenters. The monoisotopic (exact) mass is 294 g/mol. The minimum atomic E-state index is -0.263. The average molecular weight is 294 g/mol.